The average Bonchev–Trinajstić information content (AvgIpc) is 3.44. The molecule has 2 saturated heterocycles. The first-order chi connectivity index (χ1) is 17.2. The van der Waals surface area contributed by atoms with E-state index >= 15 is 0 Å². The fraction of sp³-hybridized carbons (Fsp3) is 0.458. The van der Waals surface area contributed by atoms with Crippen molar-refractivity contribution in [3.05, 3.63) is 53.1 Å². The van der Waals surface area contributed by atoms with Crippen LogP contribution in [0, 0.1) is 0 Å². The number of amides is 1. The van der Waals surface area contributed by atoms with Crippen LogP contribution in [-0.2, 0) is 20.0 Å². The van der Waals surface area contributed by atoms with Gasteiger partial charge in [0.05, 0.1) is 16.5 Å². The van der Waals surface area contributed by atoms with Crippen LogP contribution < -0.4 is 10.1 Å². The summed E-state index contributed by atoms with van der Waals surface area (Å²) in [6.07, 6.45) is 4.34. The van der Waals surface area contributed by atoms with Gasteiger partial charge in [-0.1, -0.05) is 18.0 Å². The first-order valence-corrected chi connectivity index (χ1v) is 15.3. The summed E-state index contributed by atoms with van der Waals surface area (Å²) in [4.78, 5) is 12.8. The number of rotatable bonds is 9. The van der Waals surface area contributed by atoms with E-state index in [0.717, 1.165) is 32.1 Å². The zero-order chi connectivity index (χ0) is 25.8. The van der Waals surface area contributed by atoms with Gasteiger partial charge >= 0.3 is 0 Å². The Morgan fingerprint density at radius 2 is 1.42 bits per heavy atom. The van der Waals surface area contributed by atoms with Gasteiger partial charge in [0.25, 0.3) is 5.91 Å². The van der Waals surface area contributed by atoms with Crippen LogP contribution in [-0.4, -0.2) is 70.7 Å². The van der Waals surface area contributed by atoms with Crippen LogP contribution in [0.5, 0.6) is 5.75 Å². The van der Waals surface area contributed by atoms with E-state index in [9.17, 15) is 21.6 Å². The van der Waals surface area contributed by atoms with E-state index in [1.807, 2.05) is 0 Å². The summed E-state index contributed by atoms with van der Waals surface area (Å²) in [6.45, 7) is 2.29. The summed E-state index contributed by atoms with van der Waals surface area (Å²) in [7, 11) is -7.26. The van der Waals surface area contributed by atoms with Gasteiger partial charge in [-0.3, -0.25) is 4.79 Å². The van der Waals surface area contributed by atoms with Crippen LogP contribution in [0.4, 0.5) is 0 Å². The second-order valence-electron chi connectivity index (χ2n) is 8.80. The van der Waals surface area contributed by atoms with Crippen molar-refractivity contribution in [1.82, 2.24) is 13.9 Å². The van der Waals surface area contributed by atoms with Gasteiger partial charge in [0.2, 0.25) is 20.0 Å². The van der Waals surface area contributed by atoms with Crippen molar-refractivity contribution in [2.75, 3.05) is 39.3 Å². The molecule has 0 bridgehead atoms. The monoisotopic (exact) mass is 555 g/mol. The molecule has 2 heterocycles. The topological polar surface area (TPSA) is 113 Å². The van der Waals surface area contributed by atoms with E-state index < -0.39 is 26.0 Å². The van der Waals surface area contributed by atoms with Crippen LogP contribution in [0.2, 0.25) is 5.02 Å². The first kappa shape index (κ1) is 26.9. The second-order valence-corrected chi connectivity index (χ2v) is 13.0. The molecule has 2 aromatic carbocycles. The predicted molar refractivity (Wildman–Crippen MR) is 136 cm³/mol. The highest BCUT2D eigenvalue weighted by atomic mass is 35.5. The van der Waals surface area contributed by atoms with Crippen LogP contribution >= 0.6 is 11.6 Å². The quantitative estimate of drug-likeness (QED) is 0.476. The maximum absolute atomic E-state index is 13.0. The Morgan fingerprint density at radius 3 is 2.06 bits per heavy atom. The highest BCUT2D eigenvalue weighted by Crippen LogP contribution is 2.28. The molecule has 0 aliphatic carbocycles. The van der Waals surface area contributed by atoms with Crippen molar-refractivity contribution in [2.24, 2.45) is 0 Å². The zero-order valence-electron chi connectivity index (χ0n) is 19.9. The Kier molecular flexibility index (Phi) is 8.56. The Bertz CT molecular complexity index is 1290. The lowest BCUT2D eigenvalue weighted by atomic mass is 10.2. The summed E-state index contributed by atoms with van der Waals surface area (Å²) in [5, 5.41) is 2.78. The van der Waals surface area contributed by atoms with Crippen molar-refractivity contribution < 1.29 is 26.4 Å². The fourth-order valence-electron chi connectivity index (χ4n) is 4.31. The number of ether oxygens (including phenoxy) is 1. The minimum atomic E-state index is -3.78. The number of sulfonamides is 2. The van der Waals surface area contributed by atoms with Gasteiger partial charge in [0.15, 0.2) is 0 Å². The van der Waals surface area contributed by atoms with Gasteiger partial charge in [-0.2, -0.15) is 8.61 Å². The lowest BCUT2D eigenvalue weighted by Gasteiger charge is -2.26. The summed E-state index contributed by atoms with van der Waals surface area (Å²) >= 11 is 6.18. The Hall–Kier alpha value is -2.18. The van der Waals surface area contributed by atoms with Gasteiger partial charge in [-0.25, -0.2) is 16.8 Å². The Morgan fingerprint density at radius 1 is 0.833 bits per heavy atom. The Balaban J connectivity index is 1.31. The molecule has 0 aromatic heterocycles. The minimum Gasteiger partial charge on any atom is -0.492 e. The molecule has 0 atom stereocenters. The fourth-order valence-corrected chi connectivity index (χ4v) is 7.84. The van der Waals surface area contributed by atoms with E-state index in [1.165, 1.54) is 38.9 Å². The molecule has 4 rings (SSSR count). The maximum Gasteiger partial charge on any atom is 0.251 e. The van der Waals surface area contributed by atoms with Gasteiger partial charge in [-0.05, 0) is 68.1 Å². The van der Waals surface area contributed by atoms with E-state index in [1.54, 1.807) is 12.1 Å². The van der Waals surface area contributed by atoms with Crippen molar-refractivity contribution in [3.63, 3.8) is 0 Å². The van der Waals surface area contributed by atoms with Crippen LogP contribution in [0.3, 0.4) is 0 Å². The number of benzene rings is 2. The zero-order valence-corrected chi connectivity index (χ0v) is 22.2. The molecular formula is C24H30ClN3O6S2. The predicted octanol–water partition coefficient (Wildman–Crippen LogP) is 3.11. The maximum atomic E-state index is 13.0. The number of carbonyl (C=O) groups is 1. The lowest BCUT2D eigenvalue weighted by molar-refractivity contribution is 0.0946. The van der Waals surface area contributed by atoms with Gasteiger partial charge < -0.3 is 10.1 Å². The molecule has 2 fully saturated rings. The lowest BCUT2D eigenvalue weighted by Crippen LogP contribution is -2.36. The van der Waals surface area contributed by atoms with Gasteiger partial charge in [-0.15, -0.1) is 0 Å². The number of hydrogen-bond donors (Lipinski definition) is 1. The summed E-state index contributed by atoms with van der Waals surface area (Å²) in [5.41, 5.74) is 0.187. The molecule has 0 radical (unpaired) electrons. The molecular weight excluding hydrogens is 526 g/mol. The minimum absolute atomic E-state index is 0.0704. The average molecular weight is 556 g/mol. The smallest absolute Gasteiger partial charge is 0.251 e. The van der Waals surface area contributed by atoms with Crippen molar-refractivity contribution >= 4 is 37.6 Å². The molecule has 2 aliphatic heterocycles. The molecule has 1 amide bonds. The van der Waals surface area contributed by atoms with Crippen LogP contribution in [0.1, 0.15) is 42.5 Å². The third-order valence-electron chi connectivity index (χ3n) is 6.31. The highest BCUT2D eigenvalue weighted by molar-refractivity contribution is 7.89. The number of nitrogens with one attached hydrogen (secondary N) is 1. The second kappa shape index (κ2) is 11.5. The van der Waals surface area contributed by atoms with Gasteiger partial charge in [0, 0.05) is 31.7 Å². The number of halogens is 1. The summed E-state index contributed by atoms with van der Waals surface area (Å²) in [5.74, 6) is 0.0310. The molecule has 12 heteroatoms. The molecule has 1 N–H and O–H groups in total. The van der Waals surface area contributed by atoms with E-state index in [0.29, 0.717) is 31.9 Å². The molecule has 0 saturated carbocycles. The standard InChI is InChI=1S/C24H30ClN3O6S2/c25-22-11-6-19(18-23(22)36(32,33)28-13-2-1-3-14-28)24(29)26-12-17-34-20-7-9-21(10-8-20)35(30,31)27-15-4-5-16-27/h6-11,18H,1-5,12-17H2,(H,26,29). The van der Waals surface area contributed by atoms with E-state index in [-0.39, 0.29) is 33.5 Å². The summed E-state index contributed by atoms with van der Waals surface area (Å²) < 4.78 is 59.7. The Labute approximate surface area is 217 Å². The van der Waals surface area contributed by atoms with Crippen molar-refractivity contribution in [3.8, 4) is 5.75 Å². The number of piperidine rings is 1. The normalized spacial score (nSPS) is 17.7. The van der Waals surface area contributed by atoms with Crippen molar-refractivity contribution in [1.29, 1.82) is 0 Å². The third-order valence-corrected chi connectivity index (χ3v) is 10.6. The van der Waals surface area contributed by atoms with Crippen molar-refractivity contribution in [2.45, 2.75) is 41.9 Å². The molecule has 0 spiro atoms. The van der Waals surface area contributed by atoms with Crippen LogP contribution in [0.15, 0.2) is 52.3 Å². The van der Waals surface area contributed by atoms with Gasteiger partial charge in [0.1, 0.15) is 17.3 Å². The third kappa shape index (κ3) is 6.03. The number of hydrogen-bond acceptors (Lipinski definition) is 6. The first-order valence-electron chi connectivity index (χ1n) is 12.0. The van der Waals surface area contributed by atoms with E-state index in [4.69, 9.17) is 16.3 Å². The number of carbonyl (C=O) groups excluding carboxylic acids is 1. The SMILES string of the molecule is O=C(NCCOc1ccc(S(=O)(=O)N2CCCC2)cc1)c1ccc(Cl)c(S(=O)(=O)N2CCCCC2)c1. The molecule has 2 aromatic rings. The highest BCUT2D eigenvalue weighted by Gasteiger charge is 2.29. The molecule has 36 heavy (non-hydrogen) atoms. The molecule has 9 nitrogen and oxygen atoms in total. The van der Waals surface area contributed by atoms with Crippen LogP contribution in [0.25, 0.3) is 0 Å². The molecule has 2 aliphatic rings. The largest absolute Gasteiger partial charge is 0.492 e. The number of nitrogens with zero attached hydrogens (tertiary/aromatic N) is 2. The molecule has 196 valence electrons. The van der Waals surface area contributed by atoms with E-state index in [2.05, 4.69) is 5.32 Å². The molecule has 0 unspecified atom stereocenters. The summed E-state index contributed by atoms with van der Waals surface area (Å²) in [6, 6.07) is 10.4.